The Morgan fingerprint density at radius 3 is 2.37 bits per heavy atom. The van der Waals surface area contributed by atoms with Gasteiger partial charge < -0.3 is 31.3 Å². The Labute approximate surface area is 253 Å². The highest BCUT2D eigenvalue weighted by atomic mass is 32.2. The van der Waals surface area contributed by atoms with E-state index in [0.29, 0.717) is 60.5 Å². The van der Waals surface area contributed by atoms with Crippen molar-refractivity contribution in [3.8, 4) is 0 Å². The van der Waals surface area contributed by atoms with Gasteiger partial charge in [-0.25, -0.2) is 13.4 Å². The fraction of sp³-hybridized carbons (Fsp3) is 0.433. The molecule has 0 bridgehead atoms. The maximum Gasteiger partial charge on any atom is 0.179 e. The molecule has 43 heavy (non-hydrogen) atoms. The van der Waals surface area contributed by atoms with Crippen LogP contribution in [0.15, 0.2) is 69.7 Å². The summed E-state index contributed by atoms with van der Waals surface area (Å²) in [4.78, 5) is 6.85. The molecule has 0 saturated heterocycles. The predicted octanol–water partition coefficient (Wildman–Crippen LogP) is 4.42. The van der Waals surface area contributed by atoms with Crippen LogP contribution in [0.1, 0.15) is 25.8 Å². The number of ether oxygens (including phenoxy) is 1. The number of aromatic nitrogens is 1. The van der Waals surface area contributed by atoms with Gasteiger partial charge in [0.2, 0.25) is 0 Å². The molecule has 1 unspecified atom stereocenters. The zero-order valence-corrected chi connectivity index (χ0v) is 25.8. The number of nitrogens with two attached hydrogens (primary N) is 1. The van der Waals surface area contributed by atoms with E-state index in [-0.39, 0.29) is 36.5 Å². The van der Waals surface area contributed by atoms with Gasteiger partial charge in [0.25, 0.3) is 0 Å². The van der Waals surface area contributed by atoms with E-state index in [1.807, 2.05) is 56.0 Å². The molecule has 0 saturated carbocycles. The second-order valence-electron chi connectivity index (χ2n) is 9.98. The third-order valence-corrected chi connectivity index (χ3v) is 8.69. The molecule has 3 rings (SSSR count). The monoisotopic (exact) mass is 613 g/mol. The fourth-order valence-corrected chi connectivity index (χ4v) is 5.50. The lowest BCUT2D eigenvalue weighted by Gasteiger charge is -2.27. The molecule has 0 aliphatic rings. The number of aliphatic hydroxyl groups excluding tert-OH is 2. The number of nitrogens with one attached hydrogen (secondary N) is 2. The molecule has 2 aromatic carbocycles. The summed E-state index contributed by atoms with van der Waals surface area (Å²) in [5.74, 6) is 0.849. The van der Waals surface area contributed by atoms with Crippen LogP contribution in [0.4, 0.5) is 34.4 Å². The smallest absolute Gasteiger partial charge is 0.179 e. The molecule has 3 aromatic rings. The second-order valence-corrected chi connectivity index (χ2v) is 12.1. The Balaban J connectivity index is 1.81. The van der Waals surface area contributed by atoms with Crippen LogP contribution < -0.4 is 16.4 Å². The largest absolute Gasteiger partial charge is 0.395 e. The number of anilines is 4. The minimum Gasteiger partial charge on any atom is -0.395 e. The number of benzene rings is 2. The minimum atomic E-state index is -3.53. The summed E-state index contributed by atoms with van der Waals surface area (Å²) in [6, 6.07) is 15.9. The SMILES string of the molecule is CCC(C)N(CCO)CCS(=O)(=O)c1ccc(N=Nc2c(Nc3ccccc3)nc(NCCOCCO)c(N)c2C)cc1. The van der Waals surface area contributed by atoms with Gasteiger partial charge in [-0.05, 0) is 56.7 Å². The van der Waals surface area contributed by atoms with Crippen molar-refractivity contribution in [2.24, 2.45) is 10.2 Å². The molecule has 0 spiro atoms. The highest BCUT2D eigenvalue weighted by molar-refractivity contribution is 7.91. The van der Waals surface area contributed by atoms with E-state index in [2.05, 4.69) is 25.8 Å². The third kappa shape index (κ3) is 9.97. The average Bonchev–Trinajstić information content (AvgIpc) is 3.01. The van der Waals surface area contributed by atoms with E-state index >= 15 is 0 Å². The number of nitrogens with zero attached hydrogens (tertiary/aromatic N) is 4. The van der Waals surface area contributed by atoms with Crippen molar-refractivity contribution in [2.45, 2.75) is 38.1 Å². The average molecular weight is 614 g/mol. The van der Waals surface area contributed by atoms with Crippen molar-refractivity contribution in [1.82, 2.24) is 9.88 Å². The summed E-state index contributed by atoms with van der Waals surface area (Å²) in [5.41, 5.74) is 9.17. The molecule has 1 heterocycles. The zero-order valence-electron chi connectivity index (χ0n) is 25.0. The van der Waals surface area contributed by atoms with Gasteiger partial charge in [-0.1, -0.05) is 25.1 Å². The molecule has 0 amide bonds. The van der Waals surface area contributed by atoms with Gasteiger partial charge in [-0.15, -0.1) is 5.11 Å². The summed E-state index contributed by atoms with van der Waals surface area (Å²) in [6.07, 6.45) is 0.864. The minimum absolute atomic E-state index is 0.0209. The normalized spacial score (nSPS) is 12.6. The Morgan fingerprint density at radius 1 is 1.00 bits per heavy atom. The highest BCUT2D eigenvalue weighted by Gasteiger charge is 2.19. The molecule has 0 fully saturated rings. The third-order valence-electron chi connectivity index (χ3n) is 6.98. The summed E-state index contributed by atoms with van der Waals surface area (Å²) in [5, 5.41) is 33.5. The van der Waals surface area contributed by atoms with Gasteiger partial charge in [-0.2, -0.15) is 5.11 Å². The number of aliphatic hydroxyl groups is 2. The van der Waals surface area contributed by atoms with Crippen LogP contribution in [0.2, 0.25) is 0 Å². The number of hydrogen-bond acceptors (Lipinski definition) is 12. The first kappa shape index (κ1) is 33.9. The maximum atomic E-state index is 13.0. The molecule has 0 aliphatic heterocycles. The first-order valence-corrected chi connectivity index (χ1v) is 16.0. The van der Waals surface area contributed by atoms with Crippen molar-refractivity contribution in [3.63, 3.8) is 0 Å². The second kappa shape index (κ2) is 16.9. The van der Waals surface area contributed by atoms with Crippen LogP contribution in [0, 0.1) is 6.92 Å². The van der Waals surface area contributed by atoms with E-state index in [1.165, 1.54) is 12.1 Å². The molecule has 1 atom stereocenters. The van der Waals surface area contributed by atoms with Crippen LogP contribution in [-0.2, 0) is 14.6 Å². The Bertz CT molecular complexity index is 1420. The van der Waals surface area contributed by atoms with Crippen molar-refractivity contribution in [3.05, 3.63) is 60.2 Å². The molecule has 234 valence electrons. The molecule has 13 heteroatoms. The molecule has 0 radical (unpaired) electrons. The zero-order chi connectivity index (χ0) is 31.2. The Hall–Kier alpha value is -3.62. The standard InChI is InChI=1S/C30H43N7O5S/c1-4-22(2)37(15-17-38)16-21-43(40,41)26-12-10-25(11-13-26)35-36-28-23(3)27(31)29(32-14-19-42-20-18-39)34-30(28)33-24-8-6-5-7-9-24/h5-13,22,38-39H,4,14-21,31H2,1-3H3,(H2,32,33,34). The first-order valence-electron chi connectivity index (χ1n) is 14.3. The quantitative estimate of drug-likeness (QED) is 0.102. The van der Waals surface area contributed by atoms with Gasteiger partial charge in [0, 0.05) is 36.9 Å². The van der Waals surface area contributed by atoms with Crippen molar-refractivity contribution < 1.29 is 23.4 Å². The molecule has 0 aliphatic carbocycles. The van der Waals surface area contributed by atoms with Crippen LogP contribution in [0.5, 0.6) is 0 Å². The lowest BCUT2D eigenvalue weighted by molar-refractivity contribution is 0.0992. The van der Waals surface area contributed by atoms with E-state index in [0.717, 1.165) is 12.1 Å². The van der Waals surface area contributed by atoms with E-state index in [4.69, 9.17) is 15.6 Å². The fourth-order valence-electron chi connectivity index (χ4n) is 4.24. The molecule has 1 aromatic heterocycles. The van der Waals surface area contributed by atoms with Crippen LogP contribution in [-0.4, -0.2) is 86.4 Å². The molecule has 12 nitrogen and oxygen atoms in total. The Morgan fingerprint density at radius 2 is 1.72 bits per heavy atom. The van der Waals surface area contributed by atoms with Crippen LogP contribution in [0.3, 0.4) is 0 Å². The number of hydrogen-bond donors (Lipinski definition) is 5. The van der Waals surface area contributed by atoms with Gasteiger partial charge in [-0.3, -0.25) is 4.90 Å². The lowest BCUT2D eigenvalue weighted by Crippen LogP contribution is -2.38. The van der Waals surface area contributed by atoms with Crippen molar-refractivity contribution in [1.29, 1.82) is 0 Å². The molecular weight excluding hydrogens is 570 g/mol. The van der Waals surface area contributed by atoms with Gasteiger partial charge >= 0.3 is 0 Å². The van der Waals surface area contributed by atoms with Crippen LogP contribution >= 0.6 is 0 Å². The first-order chi connectivity index (χ1) is 20.7. The lowest BCUT2D eigenvalue weighted by atomic mass is 10.2. The Kier molecular flexibility index (Phi) is 13.3. The molecule has 6 N–H and O–H groups in total. The van der Waals surface area contributed by atoms with Crippen LogP contribution in [0.25, 0.3) is 0 Å². The summed E-state index contributed by atoms with van der Waals surface area (Å²) >= 11 is 0. The predicted molar refractivity (Wildman–Crippen MR) is 171 cm³/mol. The van der Waals surface area contributed by atoms with Crippen molar-refractivity contribution in [2.75, 3.05) is 68.2 Å². The number of rotatable bonds is 18. The van der Waals surface area contributed by atoms with Gasteiger partial charge in [0.05, 0.1) is 48.5 Å². The maximum absolute atomic E-state index is 13.0. The highest BCUT2D eigenvalue weighted by Crippen LogP contribution is 2.38. The topological polar surface area (TPSA) is 175 Å². The van der Waals surface area contributed by atoms with E-state index in [1.54, 1.807) is 12.1 Å². The number of sulfone groups is 1. The number of azo groups is 1. The summed E-state index contributed by atoms with van der Waals surface area (Å²) < 4.78 is 31.3. The van der Waals surface area contributed by atoms with Crippen molar-refractivity contribution >= 4 is 44.2 Å². The number of pyridine rings is 1. The van der Waals surface area contributed by atoms with Gasteiger partial charge in [0.1, 0.15) is 5.69 Å². The molecular formula is C30H43N7O5S. The van der Waals surface area contributed by atoms with E-state index < -0.39 is 9.84 Å². The number of para-hydroxylation sites is 1. The summed E-state index contributed by atoms with van der Waals surface area (Å²) in [7, 11) is -3.53. The summed E-state index contributed by atoms with van der Waals surface area (Å²) in [6.45, 7) is 7.63. The van der Waals surface area contributed by atoms with Gasteiger partial charge in [0.15, 0.2) is 21.5 Å². The van der Waals surface area contributed by atoms with E-state index in [9.17, 15) is 13.5 Å². The number of nitrogen functional groups attached to an aromatic ring is 1.